The van der Waals surface area contributed by atoms with E-state index in [0.29, 0.717) is 16.7 Å². The zero-order valence-corrected chi connectivity index (χ0v) is 7.54. The van der Waals surface area contributed by atoms with Gasteiger partial charge in [0.2, 0.25) is 0 Å². The van der Waals surface area contributed by atoms with Crippen LogP contribution < -0.4 is 5.73 Å². The number of hydrogen-bond donors (Lipinski definition) is 2. The number of rotatable bonds is 0. The van der Waals surface area contributed by atoms with Crippen molar-refractivity contribution < 1.29 is 5.11 Å². The third kappa shape index (κ3) is 1.69. The molecule has 1 rings (SSSR count). The van der Waals surface area contributed by atoms with Crippen LogP contribution in [0.15, 0.2) is 52.9 Å². The first-order valence-corrected chi connectivity index (χ1v) is 3.82. The molecule has 0 spiro atoms. The minimum atomic E-state index is 0.108. The Labute approximate surface area is 77.3 Å². The Kier molecular flexibility index (Phi) is 2.37. The van der Waals surface area contributed by atoms with Gasteiger partial charge in [0.05, 0.1) is 5.57 Å². The number of nitrogens with two attached hydrogens (primary N) is 1. The zero-order chi connectivity index (χ0) is 10.0. The van der Waals surface area contributed by atoms with Crippen molar-refractivity contribution in [3.8, 4) is 0 Å². The maximum atomic E-state index is 9.35. The van der Waals surface area contributed by atoms with Gasteiger partial charge in [-0.2, -0.15) is 0 Å². The van der Waals surface area contributed by atoms with Gasteiger partial charge in [0.15, 0.2) is 0 Å². The Morgan fingerprint density at radius 3 is 2.69 bits per heavy atom. The molecule has 0 saturated heterocycles. The topological polar surface area (TPSA) is 58.6 Å². The van der Waals surface area contributed by atoms with E-state index in [1.54, 1.807) is 19.2 Å². The van der Waals surface area contributed by atoms with E-state index in [2.05, 4.69) is 18.2 Å². The highest BCUT2D eigenvalue weighted by Gasteiger charge is 2.14. The van der Waals surface area contributed by atoms with E-state index in [1.807, 2.05) is 0 Å². The lowest BCUT2D eigenvalue weighted by Crippen LogP contribution is -2.16. The highest BCUT2D eigenvalue weighted by Crippen LogP contribution is 2.22. The number of allylic oxidation sites excluding steroid dienone is 3. The van der Waals surface area contributed by atoms with Crippen LogP contribution in [0.3, 0.4) is 0 Å². The van der Waals surface area contributed by atoms with E-state index in [4.69, 9.17) is 5.73 Å². The summed E-state index contributed by atoms with van der Waals surface area (Å²) in [6, 6.07) is 0. The number of hydrogen-bond acceptors (Lipinski definition) is 3. The molecule has 0 fully saturated rings. The van der Waals surface area contributed by atoms with Gasteiger partial charge in [0.1, 0.15) is 11.6 Å². The number of amidine groups is 1. The zero-order valence-electron chi connectivity index (χ0n) is 7.54. The SMILES string of the molecule is C=C1C=CN=C(N)/C(=C(/C)O)C1=C. The van der Waals surface area contributed by atoms with Crippen molar-refractivity contribution in [2.75, 3.05) is 0 Å². The Hall–Kier alpha value is -1.77. The minimum absolute atomic E-state index is 0.108. The van der Waals surface area contributed by atoms with Crippen LogP contribution in [0.5, 0.6) is 0 Å². The van der Waals surface area contributed by atoms with Crippen molar-refractivity contribution in [3.63, 3.8) is 0 Å². The van der Waals surface area contributed by atoms with Gasteiger partial charge in [-0.3, -0.25) is 0 Å². The number of aliphatic hydroxyl groups excluding tert-OH is 1. The molecular formula is C10H12N2O. The number of aliphatic hydroxyl groups is 1. The Bertz CT molecular complexity index is 355. The molecule has 1 aliphatic heterocycles. The summed E-state index contributed by atoms with van der Waals surface area (Å²) in [4.78, 5) is 3.90. The first-order valence-electron chi connectivity index (χ1n) is 3.82. The van der Waals surface area contributed by atoms with Crippen LogP contribution in [0, 0.1) is 0 Å². The monoisotopic (exact) mass is 176 g/mol. The number of nitrogens with zero attached hydrogens (tertiary/aromatic N) is 1. The first-order chi connectivity index (χ1) is 6.04. The van der Waals surface area contributed by atoms with Gasteiger partial charge in [0.25, 0.3) is 0 Å². The summed E-state index contributed by atoms with van der Waals surface area (Å²) in [6.45, 7) is 9.08. The summed E-state index contributed by atoms with van der Waals surface area (Å²) in [5, 5.41) is 9.35. The maximum Gasteiger partial charge on any atom is 0.134 e. The first kappa shape index (κ1) is 9.32. The molecule has 0 unspecified atom stereocenters. The van der Waals surface area contributed by atoms with E-state index < -0.39 is 0 Å². The van der Waals surface area contributed by atoms with E-state index >= 15 is 0 Å². The summed E-state index contributed by atoms with van der Waals surface area (Å²) in [7, 11) is 0. The van der Waals surface area contributed by atoms with E-state index in [9.17, 15) is 5.11 Å². The molecule has 3 nitrogen and oxygen atoms in total. The fourth-order valence-electron chi connectivity index (χ4n) is 1.09. The lowest BCUT2D eigenvalue weighted by atomic mass is 10.00. The van der Waals surface area contributed by atoms with Crippen LogP contribution in [0.1, 0.15) is 6.92 Å². The average Bonchev–Trinajstić information content (AvgIpc) is 2.13. The van der Waals surface area contributed by atoms with E-state index in [-0.39, 0.29) is 11.6 Å². The van der Waals surface area contributed by atoms with Gasteiger partial charge in [-0.15, -0.1) is 0 Å². The summed E-state index contributed by atoms with van der Waals surface area (Å²) in [6.07, 6.45) is 3.24. The summed E-state index contributed by atoms with van der Waals surface area (Å²) >= 11 is 0. The molecule has 3 heteroatoms. The van der Waals surface area contributed by atoms with Crippen molar-refractivity contribution in [2.24, 2.45) is 10.7 Å². The molecule has 1 heterocycles. The second-order valence-electron chi connectivity index (χ2n) is 2.79. The van der Waals surface area contributed by atoms with E-state index in [0.717, 1.165) is 0 Å². The van der Waals surface area contributed by atoms with Gasteiger partial charge >= 0.3 is 0 Å². The highest BCUT2D eigenvalue weighted by atomic mass is 16.3. The summed E-state index contributed by atoms with van der Waals surface area (Å²) in [5.74, 6) is 0.371. The van der Waals surface area contributed by atoms with Crippen LogP contribution in [-0.2, 0) is 0 Å². The Balaban J connectivity index is 3.29. The molecule has 3 N–H and O–H groups in total. The van der Waals surface area contributed by atoms with Gasteiger partial charge < -0.3 is 10.8 Å². The Morgan fingerprint density at radius 2 is 2.15 bits per heavy atom. The second-order valence-corrected chi connectivity index (χ2v) is 2.79. The van der Waals surface area contributed by atoms with Crippen LogP contribution in [-0.4, -0.2) is 10.9 Å². The molecule has 0 aromatic carbocycles. The normalized spacial score (nSPS) is 21.2. The Morgan fingerprint density at radius 1 is 1.54 bits per heavy atom. The molecule has 0 aromatic rings. The van der Waals surface area contributed by atoms with Crippen molar-refractivity contribution in [2.45, 2.75) is 6.92 Å². The summed E-state index contributed by atoms with van der Waals surface area (Å²) in [5.41, 5.74) is 7.39. The predicted octanol–water partition coefficient (Wildman–Crippen LogP) is 1.82. The van der Waals surface area contributed by atoms with Gasteiger partial charge in [-0.25, -0.2) is 4.99 Å². The molecule has 13 heavy (non-hydrogen) atoms. The molecule has 1 aliphatic rings. The molecule has 0 aromatic heterocycles. The van der Waals surface area contributed by atoms with Gasteiger partial charge in [-0.05, 0) is 24.1 Å². The maximum absolute atomic E-state index is 9.35. The van der Waals surface area contributed by atoms with Crippen molar-refractivity contribution in [1.29, 1.82) is 0 Å². The molecule has 0 bridgehead atoms. The molecule has 0 saturated carbocycles. The highest BCUT2D eigenvalue weighted by molar-refractivity contribution is 6.03. The molecule has 0 amide bonds. The molecule has 68 valence electrons. The molecule has 0 aliphatic carbocycles. The standard InChI is InChI=1S/C10H12N2O/c1-6-4-5-12-10(11)9(7(6)2)8(3)13/h4-5,13H,1-2H2,3H3,(H2,11,12)/b9-8-. The second kappa shape index (κ2) is 3.31. The fourth-order valence-corrected chi connectivity index (χ4v) is 1.09. The van der Waals surface area contributed by atoms with Gasteiger partial charge in [0, 0.05) is 6.20 Å². The third-order valence-electron chi connectivity index (χ3n) is 1.80. The summed E-state index contributed by atoms with van der Waals surface area (Å²) < 4.78 is 0. The van der Waals surface area contributed by atoms with Gasteiger partial charge in [-0.1, -0.05) is 13.2 Å². The quantitative estimate of drug-likeness (QED) is 0.553. The fraction of sp³-hybridized carbons (Fsp3) is 0.100. The van der Waals surface area contributed by atoms with Crippen LogP contribution in [0.2, 0.25) is 0 Å². The lowest BCUT2D eigenvalue weighted by molar-refractivity contribution is 0.411. The minimum Gasteiger partial charge on any atom is -0.512 e. The molecule has 0 radical (unpaired) electrons. The van der Waals surface area contributed by atoms with Crippen LogP contribution in [0.4, 0.5) is 0 Å². The number of aliphatic imine (C=N–C) groups is 1. The molecular weight excluding hydrogens is 164 g/mol. The van der Waals surface area contributed by atoms with E-state index in [1.165, 1.54) is 0 Å². The van der Waals surface area contributed by atoms with Crippen molar-refractivity contribution in [3.05, 3.63) is 47.9 Å². The van der Waals surface area contributed by atoms with Crippen molar-refractivity contribution >= 4 is 5.84 Å². The lowest BCUT2D eigenvalue weighted by Gasteiger charge is -2.08. The average molecular weight is 176 g/mol. The van der Waals surface area contributed by atoms with Crippen molar-refractivity contribution in [1.82, 2.24) is 0 Å². The smallest absolute Gasteiger partial charge is 0.134 e. The predicted molar refractivity (Wildman–Crippen MR) is 54.4 cm³/mol. The van der Waals surface area contributed by atoms with Crippen LogP contribution in [0.25, 0.3) is 0 Å². The van der Waals surface area contributed by atoms with Crippen LogP contribution >= 0.6 is 0 Å². The molecule has 0 atom stereocenters. The largest absolute Gasteiger partial charge is 0.512 e. The third-order valence-corrected chi connectivity index (χ3v) is 1.80.